The molecular formula is C10H10O. The maximum Gasteiger partial charge on any atom is 0.116 e. The number of phenolic OH excluding ortho intramolecular Hbond substituents is 1. The second kappa shape index (κ2) is 2.12. The van der Waals surface area contributed by atoms with E-state index >= 15 is 0 Å². The van der Waals surface area contributed by atoms with E-state index in [9.17, 15) is 5.11 Å². The molecule has 1 aliphatic rings. The van der Waals surface area contributed by atoms with Crippen molar-refractivity contribution in [2.75, 3.05) is 0 Å². The van der Waals surface area contributed by atoms with E-state index in [2.05, 4.69) is 12.2 Å². The molecule has 11 heavy (non-hydrogen) atoms. The Balaban J connectivity index is 2.66. The van der Waals surface area contributed by atoms with Gasteiger partial charge in [0.1, 0.15) is 5.75 Å². The first-order chi connectivity index (χ1) is 5.27. The van der Waals surface area contributed by atoms with E-state index in [1.807, 2.05) is 19.1 Å². The van der Waals surface area contributed by atoms with E-state index in [4.69, 9.17) is 0 Å². The maximum atomic E-state index is 9.24. The fourth-order valence-electron chi connectivity index (χ4n) is 1.56. The molecule has 0 atom stereocenters. The normalized spacial score (nSPS) is 13.5. The van der Waals surface area contributed by atoms with E-state index in [-0.39, 0.29) is 0 Å². The third-order valence-electron chi connectivity index (χ3n) is 2.11. The van der Waals surface area contributed by atoms with Crippen LogP contribution in [0, 0.1) is 6.92 Å². The number of phenols is 1. The fraction of sp³-hybridized carbons (Fsp3) is 0.200. The highest BCUT2D eigenvalue weighted by atomic mass is 16.3. The molecule has 1 aliphatic carbocycles. The van der Waals surface area contributed by atoms with Crippen LogP contribution in [-0.4, -0.2) is 5.11 Å². The van der Waals surface area contributed by atoms with Crippen LogP contribution in [0.1, 0.15) is 16.7 Å². The van der Waals surface area contributed by atoms with Gasteiger partial charge < -0.3 is 5.11 Å². The predicted octanol–water partition coefficient (Wildman–Crippen LogP) is 2.27. The van der Waals surface area contributed by atoms with Gasteiger partial charge in [-0.15, -0.1) is 0 Å². The zero-order chi connectivity index (χ0) is 7.84. The molecule has 0 spiro atoms. The fourth-order valence-corrected chi connectivity index (χ4v) is 1.56. The van der Waals surface area contributed by atoms with Crippen molar-refractivity contribution in [3.8, 4) is 5.75 Å². The summed E-state index contributed by atoms with van der Waals surface area (Å²) in [6.45, 7) is 2.03. The zero-order valence-corrected chi connectivity index (χ0v) is 6.46. The van der Waals surface area contributed by atoms with Crippen LogP contribution in [0.3, 0.4) is 0 Å². The number of aryl methyl sites for hydroxylation is 1. The van der Waals surface area contributed by atoms with Gasteiger partial charge in [-0.05, 0) is 42.2 Å². The Hall–Kier alpha value is -1.24. The van der Waals surface area contributed by atoms with Crippen LogP contribution in [0.5, 0.6) is 5.75 Å². The molecule has 0 radical (unpaired) electrons. The first-order valence-electron chi connectivity index (χ1n) is 3.76. The van der Waals surface area contributed by atoms with E-state index < -0.39 is 0 Å². The van der Waals surface area contributed by atoms with E-state index in [1.165, 1.54) is 16.7 Å². The molecule has 0 fully saturated rings. The van der Waals surface area contributed by atoms with Gasteiger partial charge in [0.05, 0.1) is 0 Å². The lowest BCUT2D eigenvalue weighted by molar-refractivity contribution is 0.474. The van der Waals surface area contributed by atoms with Crippen molar-refractivity contribution >= 4 is 6.08 Å². The largest absolute Gasteiger partial charge is 0.508 e. The van der Waals surface area contributed by atoms with Crippen LogP contribution < -0.4 is 0 Å². The second-order valence-electron chi connectivity index (χ2n) is 2.94. The highest BCUT2D eigenvalue weighted by Crippen LogP contribution is 2.26. The number of benzene rings is 1. The van der Waals surface area contributed by atoms with E-state index in [0.717, 1.165) is 6.42 Å². The molecule has 0 bridgehead atoms. The molecule has 1 nitrogen and oxygen atoms in total. The first-order valence-corrected chi connectivity index (χ1v) is 3.76. The molecule has 1 aromatic rings. The van der Waals surface area contributed by atoms with Crippen LogP contribution in [0.2, 0.25) is 0 Å². The lowest BCUT2D eigenvalue weighted by Gasteiger charge is -2.03. The lowest BCUT2D eigenvalue weighted by atomic mass is 10.0. The summed E-state index contributed by atoms with van der Waals surface area (Å²) in [5, 5.41) is 9.24. The molecule has 0 saturated carbocycles. The minimum atomic E-state index is 0.368. The van der Waals surface area contributed by atoms with Gasteiger partial charge >= 0.3 is 0 Å². The average Bonchev–Trinajstić information content (AvgIpc) is 2.34. The standard InChI is InChI=1S/C10H10O/c1-7-5-9(11)6-8-3-2-4-10(7)8/h2-3,5-6,11H,4H2,1H3. The molecule has 0 amide bonds. The van der Waals surface area contributed by atoms with Gasteiger partial charge in [-0.1, -0.05) is 12.2 Å². The smallest absolute Gasteiger partial charge is 0.116 e. The average molecular weight is 146 g/mol. The molecule has 1 aromatic carbocycles. The van der Waals surface area contributed by atoms with Crippen LogP contribution in [0.4, 0.5) is 0 Å². The van der Waals surface area contributed by atoms with Crippen molar-refractivity contribution in [3.63, 3.8) is 0 Å². The highest BCUT2D eigenvalue weighted by Gasteiger charge is 2.08. The number of allylic oxidation sites excluding steroid dienone is 1. The Morgan fingerprint density at radius 3 is 3.00 bits per heavy atom. The van der Waals surface area contributed by atoms with E-state index in [0.29, 0.717) is 5.75 Å². The van der Waals surface area contributed by atoms with Crippen molar-refractivity contribution in [1.29, 1.82) is 0 Å². The van der Waals surface area contributed by atoms with E-state index in [1.54, 1.807) is 0 Å². The Morgan fingerprint density at radius 1 is 1.36 bits per heavy atom. The van der Waals surface area contributed by atoms with Gasteiger partial charge in [0, 0.05) is 0 Å². The minimum absolute atomic E-state index is 0.368. The van der Waals surface area contributed by atoms with Crippen molar-refractivity contribution in [2.24, 2.45) is 0 Å². The summed E-state index contributed by atoms with van der Waals surface area (Å²) in [5.41, 5.74) is 3.70. The maximum absolute atomic E-state index is 9.24. The third-order valence-corrected chi connectivity index (χ3v) is 2.11. The minimum Gasteiger partial charge on any atom is -0.508 e. The van der Waals surface area contributed by atoms with Crippen LogP contribution >= 0.6 is 0 Å². The Labute approximate surface area is 66.0 Å². The Kier molecular flexibility index (Phi) is 1.25. The lowest BCUT2D eigenvalue weighted by Crippen LogP contribution is -1.86. The van der Waals surface area contributed by atoms with Gasteiger partial charge in [0.15, 0.2) is 0 Å². The van der Waals surface area contributed by atoms with Gasteiger partial charge in [-0.3, -0.25) is 0 Å². The molecule has 1 heteroatoms. The number of aromatic hydroxyl groups is 1. The zero-order valence-electron chi connectivity index (χ0n) is 6.46. The first kappa shape index (κ1) is 6.47. The van der Waals surface area contributed by atoms with Crippen molar-refractivity contribution in [2.45, 2.75) is 13.3 Å². The summed E-state index contributed by atoms with van der Waals surface area (Å²) >= 11 is 0. The van der Waals surface area contributed by atoms with Gasteiger partial charge in [0.25, 0.3) is 0 Å². The quantitative estimate of drug-likeness (QED) is 0.595. The summed E-state index contributed by atoms with van der Waals surface area (Å²) in [4.78, 5) is 0. The molecule has 0 aliphatic heterocycles. The Bertz CT molecular complexity index is 324. The molecule has 56 valence electrons. The topological polar surface area (TPSA) is 20.2 Å². The highest BCUT2D eigenvalue weighted by molar-refractivity contribution is 5.63. The van der Waals surface area contributed by atoms with Gasteiger partial charge in [0.2, 0.25) is 0 Å². The number of fused-ring (bicyclic) bond motifs is 1. The summed E-state index contributed by atoms with van der Waals surface area (Å²) in [5.74, 6) is 0.368. The van der Waals surface area contributed by atoms with Crippen LogP contribution in [-0.2, 0) is 6.42 Å². The van der Waals surface area contributed by atoms with Crippen LogP contribution in [0.15, 0.2) is 18.2 Å². The molecular weight excluding hydrogens is 136 g/mol. The van der Waals surface area contributed by atoms with Gasteiger partial charge in [-0.2, -0.15) is 0 Å². The van der Waals surface area contributed by atoms with Crippen molar-refractivity contribution in [1.82, 2.24) is 0 Å². The number of rotatable bonds is 0. The van der Waals surface area contributed by atoms with Gasteiger partial charge in [-0.25, -0.2) is 0 Å². The molecule has 0 aromatic heterocycles. The summed E-state index contributed by atoms with van der Waals surface area (Å²) in [7, 11) is 0. The predicted molar refractivity (Wildman–Crippen MR) is 45.6 cm³/mol. The third kappa shape index (κ3) is 0.929. The van der Waals surface area contributed by atoms with Crippen LogP contribution in [0.25, 0.3) is 6.08 Å². The Morgan fingerprint density at radius 2 is 2.18 bits per heavy atom. The van der Waals surface area contributed by atoms with Crippen molar-refractivity contribution in [3.05, 3.63) is 34.9 Å². The monoisotopic (exact) mass is 146 g/mol. The second-order valence-corrected chi connectivity index (χ2v) is 2.94. The molecule has 1 N–H and O–H groups in total. The molecule has 0 saturated heterocycles. The number of hydrogen-bond acceptors (Lipinski definition) is 1. The molecule has 2 rings (SSSR count). The van der Waals surface area contributed by atoms with Crippen molar-refractivity contribution < 1.29 is 5.11 Å². The summed E-state index contributed by atoms with van der Waals surface area (Å²) in [6, 6.07) is 3.62. The summed E-state index contributed by atoms with van der Waals surface area (Å²) in [6.07, 6.45) is 5.20. The summed E-state index contributed by atoms with van der Waals surface area (Å²) < 4.78 is 0. The molecule has 0 unspecified atom stereocenters. The number of hydrogen-bond donors (Lipinski definition) is 1. The SMILES string of the molecule is Cc1cc(O)cc2c1CC=C2. The molecule has 0 heterocycles.